The van der Waals surface area contributed by atoms with Crippen molar-refractivity contribution in [1.82, 2.24) is 9.91 Å². The lowest BCUT2D eigenvalue weighted by Gasteiger charge is -2.29. The molecular weight excluding hydrogens is 411 g/mol. The van der Waals surface area contributed by atoms with Crippen molar-refractivity contribution >= 4 is 31.7 Å². The third kappa shape index (κ3) is 4.92. The second kappa shape index (κ2) is 7.93. The zero-order valence-corrected chi connectivity index (χ0v) is 15.3. The number of benzene rings is 1. The molecule has 3 amide bonds. The number of nitrogens with zero attached hydrogens (tertiary/aromatic N) is 4. The lowest BCUT2D eigenvalue weighted by molar-refractivity contribution is -0.384. The molecule has 1 aromatic carbocycles. The fourth-order valence-corrected chi connectivity index (χ4v) is 2.58. The molecule has 0 saturated carbocycles. The van der Waals surface area contributed by atoms with Crippen molar-refractivity contribution in [1.29, 1.82) is 0 Å². The van der Waals surface area contributed by atoms with E-state index in [0.717, 1.165) is 11.2 Å². The summed E-state index contributed by atoms with van der Waals surface area (Å²) in [6.45, 7) is -1.50. The van der Waals surface area contributed by atoms with Gasteiger partial charge in [0.05, 0.1) is 19.0 Å². The number of nitro groups is 1. The Hall–Kier alpha value is -3.38. The number of carbonyl (C=O) groups is 2. The summed E-state index contributed by atoms with van der Waals surface area (Å²) in [5.74, 6) is -0.189. The number of amides is 3. The number of nitro benzene ring substituents is 1. The van der Waals surface area contributed by atoms with E-state index in [-0.39, 0.29) is 11.4 Å². The van der Waals surface area contributed by atoms with Crippen molar-refractivity contribution in [3.05, 3.63) is 52.3 Å². The molecule has 0 spiro atoms. The highest BCUT2D eigenvalue weighted by molar-refractivity contribution is 7.43. The molecule has 1 fully saturated rings. The number of furan rings is 1. The molecule has 2 heterocycles. The number of phosphoric ester groups is 1. The van der Waals surface area contributed by atoms with Gasteiger partial charge in [-0.2, -0.15) is 5.10 Å². The molecule has 1 aliphatic heterocycles. The number of hydrogen-bond acceptors (Lipinski definition) is 10. The van der Waals surface area contributed by atoms with Crippen molar-refractivity contribution in [2.45, 2.75) is 0 Å². The summed E-state index contributed by atoms with van der Waals surface area (Å²) in [5.41, 5.74) is 0.504. The van der Waals surface area contributed by atoms with Gasteiger partial charge in [0.25, 0.3) is 11.6 Å². The zero-order chi connectivity index (χ0) is 21.2. The van der Waals surface area contributed by atoms with Crippen LogP contribution in [0.3, 0.4) is 0 Å². The summed E-state index contributed by atoms with van der Waals surface area (Å²) in [5, 5.41) is 15.2. The van der Waals surface area contributed by atoms with Gasteiger partial charge in [-0.1, -0.05) is 0 Å². The first-order valence-electron chi connectivity index (χ1n) is 7.81. The quantitative estimate of drug-likeness (QED) is 0.199. The molecule has 152 valence electrons. The molecule has 29 heavy (non-hydrogen) atoms. The van der Waals surface area contributed by atoms with E-state index in [1.165, 1.54) is 30.3 Å². The molecule has 2 aromatic rings. The van der Waals surface area contributed by atoms with Crippen molar-refractivity contribution < 1.29 is 37.8 Å². The smallest absolute Gasteiger partial charge is 0.349 e. The summed E-state index contributed by atoms with van der Waals surface area (Å²) in [7, 11) is -5.34. The Morgan fingerprint density at radius 2 is 1.90 bits per heavy atom. The van der Waals surface area contributed by atoms with E-state index in [9.17, 15) is 34.1 Å². The maximum atomic E-state index is 12.0. The Morgan fingerprint density at radius 1 is 1.21 bits per heavy atom. The van der Waals surface area contributed by atoms with Gasteiger partial charge in [0.15, 0.2) is 0 Å². The number of urea groups is 1. The van der Waals surface area contributed by atoms with Crippen LogP contribution in [0.25, 0.3) is 11.3 Å². The van der Waals surface area contributed by atoms with E-state index in [1.807, 2.05) is 0 Å². The summed E-state index contributed by atoms with van der Waals surface area (Å²) >= 11 is 0. The molecule has 13 nitrogen and oxygen atoms in total. The highest BCUT2D eigenvalue weighted by Gasteiger charge is 2.36. The van der Waals surface area contributed by atoms with Crippen LogP contribution in [-0.2, 0) is 13.9 Å². The first kappa shape index (κ1) is 20.4. The van der Waals surface area contributed by atoms with E-state index in [1.54, 1.807) is 6.07 Å². The topological polar surface area (TPSA) is 182 Å². The standard InChI is InChI=1S/C15H13N4O9P/c20-14-8-18(15(21)17(14)9-27-29(24,25)26)16-7-12-5-6-13(28-12)10-1-3-11(4-2-10)19(22)23/h1-7H,8-9H2,(H2,24,25,26)/p-2/b16-7+. The van der Waals surface area contributed by atoms with Crippen molar-refractivity contribution in [2.24, 2.45) is 5.10 Å². The van der Waals surface area contributed by atoms with Gasteiger partial charge in [-0.25, -0.2) is 14.7 Å². The first-order chi connectivity index (χ1) is 13.6. The van der Waals surface area contributed by atoms with Gasteiger partial charge in [-0.05, 0) is 24.3 Å². The Kier molecular flexibility index (Phi) is 5.57. The van der Waals surface area contributed by atoms with Gasteiger partial charge in [-0.15, -0.1) is 0 Å². The molecule has 0 bridgehead atoms. The van der Waals surface area contributed by atoms with Crippen LogP contribution in [0.5, 0.6) is 0 Å². The molecule has 0 N–H and O–H groups in total. The summed E-state index contributed by atoms with van der Waals surface area (Å²) in [6, 6.07) is 7.78. The Morgan fingerprint density at radius 3 is 2.52 bits per heavy atom. The van der Waals surface area contributed by atoms with Crippen LogP contribution in [0.1, 0.15) is 5.76 Å². The molecular formula is C15H11N4O9P-2. The largest absolute Gasteiger partial charge is 0.790 e. The predicted octanol–water partition coefficient (Wildman–Crippen LogP) is 0.256. The molecule has 0 aliphatic carbocycles. The van der Waals surface area contributed by atoms with Gasteiger partial charge < -0.3 is 23.3 Å². The van der Waals surface area contributed by atoms with Crippen LogP contribution in [0.2, 0.25) is 0 Å². The zero-order valence-electron chi connectivity index (χ0n) is 14.4. The average Bonchev–Trinajstić information content (AvgIpc) is 3.22. The Labute approximate surface area is 162 Å². The van der Waals surface area contributed by atoms with Gasteiger partial charge in [-0.3, -0.25) is 14.9 Å². The SMILES string of the molecule is O=C1CN(/N=C/c2ccc(-c3ccc([N+](=O)[O-])cc3)o2)C(=O)N1COP(=O)([O-])[O-]. The van der Waals surface area contributed by atoms with Gasteiger partial charge in [0.2, 0.25) is 0 Å². The summed E-state index contributed by atoms with van der Waals surface area (Å²) in [4.78, 5) is 55.3. The van der Waals surface area contributed by atoms with Crippen LogP contribution in [0.15, 0.2) is 45.9 Å². The molecule has 14 heteroatoms. The van der Waals surface area contributed by atoms with Gasteiger partial charge in [0.1, 0.15) is 24.8 Å². The van der Waals surface area contributed by atoms with Crippen molar-refractivity contribution in [3.8, 4) is 11.3 Å². The van der Waals surface area contributed by atoms with Gasteiger partial charge in [0, 0.05) is 17.7 Å². The van der Waals surface area contributed by atoms with E-state index in [0.29, 0.717) is 16.2 Å². The minimum atomic E-state index is -5.34. The number of hydrazone groups is 1. The van der Waals surface area contributed by atoms with E-state index in [2.05, 4.69) is 9.63 Å². The fourth-order valence-electron chi connectivity index (χ4n) is 2.32. The highest BCUT2D eigenvalue weighted by atomic mass is 31.2. The second-order valence-electron chi connectivity index (χ2n) is 5.62. The maximum Gasteiger partial charge on any atom is 0.349 e. The van der Waals surface area contributed by atoms with Crippen molar-refractivity contribution in [2.75, 3.05) is 13.3 Å². The van der Waals surface area contributed by atoms with Crippen LogP contribution in [0, 0.1) is 10.1 Å². The number of rotatable bonds is 7. The molecule has 3 rings (SSSR count). The lowest BCUT2D eigenvalue weighted by atomic mass is 10.1. The monoisotopic (exact) mass is 422 g/mol. The first-order valence-corrected chi connectivity index (χ1v) is 9.27. The Bertz CT molecular complexity index is 1030. The minimum Gasteiger partial charge on any atom is -0.790 e. The minimum absolute atomic E-state index is 0.0712. The highest BCUT2D eigenvalue weighted by Crippen LogP contribution is 2.26. The fraction of sp³-hybridized carbons (Fsp3) is 0.133. The van der Waals surface area contributed by atoms with Crippen LogP contribution >= 0.6 is 7.82 Å². The predicted molar refractivity (Wildman–Crippen MR) is 90.9 cm³/mol. The number of non-ortho nitro benzene ring substituents is 1. The molecule has 1 aromatic heterocycles. The normalized spacial score (nSPS) is 15.0. The van der Waals surface area contributed by atoms with Crippen molar-refractivity contribution in [3.63, 3.8) is 0 Å². The summed E-state index contributed by atoms with van der Waals surface area (Å²) in [6.07, 6.45) is 1.15. The van der Waals surface area contributed by atoms with Crippen LogP contribution < -0.4 is 9.79 Å². The number of imide groups is 1. The van der Waals surface area contributed by atoms with E-state index >= 15 is 0 Å². The molecule has 0 atom stereocenters. The molecule has 0 unspecified atom stereocenters. The lowest BCUT2D eigenvalue weighted by Crippen LogP contribution is -2.34. The molecule has 0 radical (unpaired) electrons. The van der Waals surface area contributed by atoms with Crippen LogP contribution in [0.4, 0.5) is 10.5 Å². The third-order valence-corrected chi connectivity index (χ3v) is 4.13. The summed E-state index contributed by atoms with van der Waals surface area (Å²) < 4.78 is 19.9. The number of carbonyl (C=O) groups excluding carboxylic acids is 2. The third-order valence-electron chi connectivity index (χ3n) is 3.70. The molecule has 1 saturated heterocycles. The van der Waals surface area contributed by atoms with Gasteiger partial charge >= 0.3 is 6.03 Å². The van der Waals surface area contributed by atoms with E-state index < -0.39 is 38.0 Å². The number of phosphoric acid groups is 1. The Balaban J connectivity index is 1.66. The average molecular weight is 422 g/mol. The number of hydrogen-bond donors (Lipinski definition) is 0. The van der Waals surface area contributed by atoms with E-state index in [4.69, 9.17) is 4.42 Å². The van der Waals surface area contributed by atoms with Crippen LogP contribution in [-0.4, -0.2) is 46.3 Å². The molecule has 1 aliphatic rings. The maximum absolute atomic E-state index is 12.0. The second-order valence-corrected chi connectivity index (χ2v) is 6.77.